The molecule has 0 saturated carbocycles. The maximum atomic E-state index is 12.2. The molecule has 1 fully saturated rings. The maximum Gasteiger partial charge on any atom is 0.251 e. The Morgan fingerprint density at radius 2 is 2.28 bits per heavy atom. The molecule has 1 aliphatic rings. The number of nitrogens with one attached hydrogen (secondary N) is 2. The molecule has 2 N–H and O–H groups in total. The van der Waals surface area contributed by atoms with Gasteiger partial charge in [-0.25, -0.2) is 0 Å². The third kappa shape index (κ3) is 2.91. The summed E-state index contributed by atoms with van der Waals surface area (Å²) in [5.74, 6) is -0.0513. The van der Waals surface area contributed by atoms with Crippen molar-refractivity contribution in [2.45, 2.75) is 19.1 Å². The van der Waals surface area contributed by atoms with Gasteiger partial charge in [0.05, 0.1) is 12.1 Å². The molecule has 0 radical (unpaired) electrons. The Bertz CT molecular complexity index is 451. The van der Waals surface area contributed by atoms with E-state index in [9.17, 15) is 4.79 Å². The highest BCUT2D eigenvalue weighted by Crippen LogP contribution is 2.16. The van der Waals surface area contributed by atoms with E-state index < -0.39 is 0 Å². The SMILES string of the molecule is CO[C@H]1CNCC1NC(=O)c1cc(Br)ccc1C. The van der Waals surface area contributed by atoms with Crippen LogP contribution in [0.2, 0.25) is 0 Å². The van der Waals surface area contributed by atoms with Crippen LogP contribution < -0.4 is 10.6 Å². The first-order valence-electron chi connectivity index (χ1n) is 5.92. The standard InChI is InChI=1S/C13H17BrN2O2/c1-8-3-4-9(14)5-10(8)13(17)16-11-6-15-7-12(11)18-2/h3-5,11-12,15H,6-7H2,1-2H3,(H,16,17)/t11?,12-/m0/s1. The molecule has 98 valence electrons. The lowest BCUT2D eigenvalue weighted by Crippen LogP contribution is -2.43. The highest BCUT2D eigenvalue weighted by molar-refractivity contribution is 9.10. The van der Waals surface area contributed by atoms with Crippen LogP contribution in [0.3, 0.4) is 0 Å². The fourth-order valence-corrected chi connectivity index (χ4v) is 2.49. The molecule has 1 saturated heterocycles. The van der Waals surface area contributed by atoms with Crippen molar-refractivity contribution in [3.8, 4) is 0 Å². The summed E-state index contributed by atoms with van der Waals surface area (Å²) in [5, 5.41) is 6.22. The van der Waals surface area contributed by atoms with Crippen LogP contribution in [0.1, 0.15) is 15.9 Å². The van der Waals surface area contributed by atoms with E-state index in [4.69, 9.17) is 4.74 Å². The Morgan fingerprint density at radius 1 is 1.50 bits per heavy atom. The van der Waals surface area contributed by atoms with Gasteiger partial charge >= 0.3 is 0 Å². The molecule has 1 aromatic carbocycles. The molecule has 1 heterocycles. The summed E-state index contributed by atoms with van der Waals surface area (Å²) in [6, 6.07) is 5.73. The van der Waals surface area contributed by atoms with Gasteiger partial charge in [-0.15, -0.1) is 0 Å². The van der Waals surface area contributed by atoms with Crippen LogP contribution in [0, 0.1) is 6.92 Å². The molecule has 0 bridgehead atoms. The van der Waals surface area contributed by atoms with E-state index >= 15 is 0 Å². The van der Waals surface area contributed by atoms with Crippen LogP contribution in [0.4, 0.5) is 0 Å². The highest BCUT2D eigenvalue weighted by atomic mass is 79.9. The van der Waals surface area contributed by atoms with Crippen molar-refractivity contribution in [3.63, 3.8) is 0 Å². The topological polar surface area (TPSA) is 50.4 Å². The van der Waals surface area contributed by atoms with E-state index in [0.717, 1.165) is 23.1 Å². The molecule has 0 aromatic heterocycles. The third-order valence-electron chi connectivity index (χ3n) is 3.22. The van der Waals surface area contributed by atoms with Gasteiger partial charge in [-0.3, -0.25) is 4.79 Å². The summed E-state index contributed by atoms with van der Waals surface area (Å²) in [6.07, 6.45) is 0.0430. The lowest BCUT2D eigenvalue weighted by Gasteiger charge is -2.19. The second kappa shape index (κ2) is 5.82. The molecule has 18 heavy (non-hydrogen) atoms. The molecule has 0 spiro atoms. The highest BCUT2D eigenvalue weighted by Gasteiger charge is 2.28. The zero-order valence-corrected chi connectivity index (χ0v) is 12.1. The molecular weight excluding hydrogens is 296 g/mol. The van der Waals surface area contributed by atoms with Gasteiger partial charge in [-0.1, -0.05) is 22.0 Å². The van der Waals surface area contributed by atoms with Crippen molar-refractivity contribution < 1.29 is 9.53 Å². The van der Waals surface area contributed by atoms with Gasteiger partial charge in [0.2, 0.25) is 0 Å². The van der Waals surface area contributed by atoms with E-state index in [-0.39, 0.29) is 18.1 Å². The van der Waals surface area contributed by atoms with Crippen LogP contribution >= 0.6 is 15.9 Å². The van der Waals surface area contributed by atoms with Crippen LogP contribution in [0.15, 0.2) is 22.7 Å². The van der Waals surface area contributed by atoms with Gasteiger partial charge in [-0.05, 0) is 24.6 Å². The normalized spacial score (nSPS) is 23.1. The van der Waals surface area contributed by atoms with Crippen molar-refractivity contribution in [3.05, 3.63) is 33.8 Å². The second-order valence-electron chi connectivity index (χ2n) is 4.47. The van der Waals surface area contributed by atoms with Gasteiger partial charge in [0.1, 0.15) is 0 Å². The summed E-state index contributed by atoms with van der Waals surface area (Å²) in [6.45, 7) is 3.46. The Morgan fingerprint density at radius 3 is 3.00 bits per heavy atom. The Hall–Kier alpha value is -0.910. The number of ether oxygens (including phenoxy) is 1. The molecule has 4 nitrogen and oxygen atoms in total. The number of rotatable bonds is 3. The van der Waals surface area contributed by atoms with E-state index in [1.54, 1.807) is 7.11 Å². The van der Waals surface area contributed by atoms with E-state index in [1.807, 2.05) is 25.1 Å². The average molecular weight is 313 g/mol. The molecule has 2 rings (SSSR count). The van der Waals surface area contributed by atoms with Crippen molar-refractivity contribution in [2.75, 3.05) is 20.2 Å². The predicted octanol–water partition coefficient (Wildman–Crippen LogP) is 1.47. The smallest absolute Gasteiger partial charge is 0.251 e. The van der Waals surface area contributed by atoms with E-state index in [0.29, 0.717) is 5.56 Å². The van der Waals surface area contributed by atoms with Crippen molar-refractivity contribution in [1.82, 2.24) is 10.6 Å². The van der Waals surface area contributed by atoms with Crippen molar-refractivity contribution in [1.29, 1.82) is 0 Å². The Balaban J connectivity index is 2.09. The number of benzene rings is 1. The zero-order valence-electron chi connectivity index (χ0n) is 10.5. The van der Waals surface area contributed by atoms with Gasteiger partial charge in [0, 0.05) is 30.2 Å². The van der Waals surface area contributed by atoms with Crippen LogP contribution in [0.25, 0.3) is 0 Å². The number of aryl methyl sites for hydroxylation is 1. The number of halogens is 1. The first-order chi connectivity index (χ1) is 8.61. The van der Waals surface area contributed by atoms with Gasteiger partial charge in [0.15, 0.2) is 0 Å². The maximum absolute atomic E-state index is 12.2. The lowest BCUT2D eigenvalue weighted by molar-refractivity contribution is 0.0779. The summed E-state index contributed by atoms with van der Waals surface area (Å²) < 4.78 is 6.24. The first-order valence-corrected chi connectivity index (χ1v) is 6.71. The average Bonchev–Trinajstić information content (AvgIpc) is 2.79. The second-order valence-corrected chi connectivity index (χ2v) is 5.39. The van der Waals surface area contributed by atoms with Crippen LogP contribution in [0.5, 0.6) is 0 Å². The van der Waals surface area contributed by atoms with Crippen LogP contribution in [-0.4, -0.2) is 38.3 Å². The number of amides is 1. The Kier molecular flexibility index (Phi) is 4.37. The monoisotopic (exact) mass is 312 g/mol. The molecular formula is C13H17BrN2O2. The minimum Gasteiger partial charge on any atom is -0.378 e. The summed E-state index contributed by atoms with van der Waals surface area (Å²) >= 11 is 3.39. The van der Waals surface area contributed by atoms with Crippen molar-refractivity contribution >= 4 is 21.8 Å². The van der Waals surface area contributed by atoms with Gasteiger partial charge in [-0.2, -0.15) is 0 Å². The number of hydrogen-bond acceptors (Lipinski definition) is 3. The predicted molar refractivity (Wildman–Crippen MR) is 73.8 cm³/mol. The molecule has 2 atom stereocenters. The van der Waals surface area contributed by atoms with E-state index in [1.165, 1.54) is 0 Å². The Labute approximate surface area is 115 Å². The fourth-order valence-electron chi connectivity index (χ4n) is 2.13. The van der Waals surface area contributed by atoms with Gasteiger partial charge in [0.25, 0.3) is 5.91 Å². The first kappa shape index (κ1) is 13.5. The minimum atomic E-state index is -0.0513. The molecule has 1 aliphatic heterocycles. The number of methoxy groups -OCH3 is 1. The zero-order chi connectivity index (χ0) is 13.1. The third-order valence-corrected chi connectivity index (χ3v) is 3.72. The molecule has 0 aliphatic carbocycles. The summed E-state index contributed by atoms with van der Waals surface area (Å²) in [4.78, 5) is 12.2. The minimum absolute atomic E-state index is 0.0286. The quantitative estimate of drug-likeness (QED) is 0.889. The fraction of sp³-hybridized carbons (Fsp3) is 0.462. The largest absolute Gasteiger partial charge is 0.378 e. The van der Waals surface area contributed by atoms with Crippen molar-refractivity contribution in [2.24, 2.45) is 0 Å². The molecule has 5 heteroatoms. The number of carbonyl (C=O) groups is 1. The number of carbonyl (C=O) groups excluding carboxylic acids is 1. The van der Waals surface area contributed by atoms with Gasteiger partial charge < -0.3 is 15.4 Å². The van der Waals surface area contributed by atoms with Crippen LogP contribution in [-0.2, 0) is 4.74 Å². The molecule has 1 amide bonds. The molecule has 1 aromatic rings. The molecule has 1 unspecified atom stereocenters. The summed E-state index contributed by atoms with van der Waals surface area (Å²) in [7, 11) is 1.67. The van der Waals surface area contributed by atoms with E-state index in [2.05, 4.69) is 26.6 Å². The summed E-state index contributed by atoms with van der Waals surface area (Å²) in [5.41, 5.74) is 1.67. The number of hydrogen-bond donors (Lipinski definition) is 2. The lowest BCUT2D eigenvalue weighted by atomic mass is 10.1.